The molecule has 0 fully saturated rings. The number of aromatic nitrogens is 3. The number of nitrogens with zero attached hydrogens (tertiary/aromatic N) is 2. The molecule has 15 heavy (non-hydrogen) atoms. The molecular weight excluding hydrogens is 194 g/mol. The quantitative estimate of drug-likeness (QED) is 0.721. The van der Waals surface area contributed by atoms with Crippen LogP contribution in [0.5, 0.6) is 0 Å². The van der Waals surface area contributed by atoms with Crippen LogP contribution in [0.15, 0.2) is 39.9 Å². The normalized spacial score (nSPS) is 10.2. The van der Waals surface area contributed by atoms with Gasteiger partial charge in [-0.25, -0.2) is 4.79 Å². The van der Waals surface area contributed by atoms with Gasteiger partial charge in [-0.2, -0.15) is 9.78 Å². The van der Waals surface area contributed by atoms with Gasteiger partial charge in [-0.15, -0.1) is 0 Å². The summed E-state index contributed by atoms with van der Waals surface area (Å²) in [4.78, 5) is 24.7. The van der Waals surface area contributed by atoms with E-state index in [1.165, 1.54) is 0 Å². The number of H-pyrrole nitrogens is 1. The van der Waals surface area contributed by atoms with Gasteiger partial charge in [0.2, 0.25) is 0 Å². The van der Waals surface area contributed by atoms with Crippen molar-refractivity contribution in [2.75, 3.05) is 0 Å². The average molecular weight is 203 g/mol. The van der Waals surface area contributed by atoms with E-state index < -0.39 is 11.2 Å². The van der Waals surface area contributed by atoms with Gasteiger partial charge >= 0.3 is 5.69 Å². The summed E-state index contributed by atoms with van der Waals surface area (Å²) < 4.78 is 1.16. The molecule has 0 bridgehead atoms. The summed E-state index contributed by atoms with van der Waals surface area (Å²) in [5.41, 5.74) is -0.0933. The molecule has 0 aliphatic rings. The summed E-state index contributed by atoms with van der Waals surface area (Å²) in [6.45, 7) is 1.55. The summed E-state index contributed by atoms with van der Waals surface area (Å²) in [6, 6.07) is 8.92. The van der Waals surface area contributed by atoms with E-state index in [0.717, 1.165) is 4.68 Å². The fourth-order valence-corrected chi connectivity index (χ4v) is 1.23. The van der Waals surface area contributed by atoms with Gasteiger partial charge in [0.1, 0.15) is 5.69 Å². The lowest BCUT2D eigenvalue weighted by Gasteiger charge is -2.02. The Labute approximate surface area is 85.0 Å². The SMILES string of the molecule is Cc1nn(-c2ccccc2)c(=O)[nH]c1=O. The molecule has 2 aromatic rings. The van der Waals surface area contributed by atoms with Crippen LogP contribution in [0.25, 0.3) is 5.69 Å². The fourth-order valence-electron chi connectivity index (χ4n) is 1.23. The molecule has 5 nitrogen and oxygen atoms in total. The zero-order valence-electron chi connectivity index (χ0n) is 8.10. The molecule has 1 N–H and O–H groups in total. The van der Waals surface area contributed by atoms with E-state index in [1.54, 1.807) is 31.2 Å². The third-order valence-corrected chi connectivity index (χ3v) is 1.99. The monoisotopic (exact) mass is 203 g/mol. The first-order valence-electron chi connectivity index (χ1n) is 4.44. The molecular formula is C10H9N3O2. The summed E-state index contributed by atoms with van der Waals surface area (Å²) in [5, 5.41) is 3.90. The van der Waals surface area contributed by atoms with Crippen LogP contribution in [-0.4, -0.2) is 14.8 Å². The lowest BCUT2D eigenvalue weighted by molar-refractivity contribution is 0.728. The summed E-state index contributed by atoms with van der Waals surface area (Å²) in [7, 11) is 0. The Morgan fingerprint density at radius 2 is 1.87 bits per heavy atom. The Hall–Kier alpha value is -2.17. The van der Waals surface area contributed by atoms with Gasteiger partial charge in [-0.3, -0.25) is 9.78 Å². The molecule has 0 unspecified atom stereocenters. The van der Waals surface area contributed by atoms with Crippen molar-refractivity contribution in [2.24, 2.45) is 0 Å². The first kappa shape index (κ1) is 9.39. The van der Waals surface area contributed by atoms with Gasteiger partial charge < -0.3 is 0 Å². The number of rotatable bonds is 1. The summed E-state index contributed by atoms with van der Waals surface area (Å²) in [6.07, 6.45) is 0. The molecule has 0 atom stereocenters. The van der Waals surface area contributed by atoms with Crippen LogP contribution in [0.3, 0.4) is 0 Å². The maximum absolute atomic E-state index is 11.4. The second kappa shape index (κ2) is 3.53. The molecule has 0 aliphatic heterocycles. The minimum Gasteiger partial charge on any atom is -0.271 e. The number of benzene rings is 1. The van der Waals surface area contributed by atoms with Crippen molar-refractivity contribution in [3.63, 3.8) is 0 Å². The molecule has 0 spiro atoms. The molecule has 5 heteroatoms. The largest absolute Gasteiger partial charge is 0.349 e. The van der Waals surface area contributed by atoms with Crippen LogP contribution in [0, 0.1) is 6.92 Å². The molecule has 1 heterocycles. The molecule has 0 radical (unpaired) electrons. The average Bonchev–Trinajstić information content (AvgIpc) is 2.25. The highest BCUT2D eigenvalue weighted by atomic mass is 16.2. The maximum atomic E-state index is 11.4. The second-order valence-corrected chi connectivity index (χ2v) is 3.09. The van der Waals surface area contributed by atoms with Crippen molar-refractivity contribution >= 4 is 0 Å². The molecule has 0 aliphatic carbocycles. The maximum Gasteiger partial charge on any atom is 0.349 e. The second-order valence-electron chi connectivity index (χ2n) is 3.09. The Kier molecular flexibility index (Phi) is 2.21. The number of aryl methyl sites for hydroxylation is 1. The smallest absolute Gasteiger partial charge is 0.271 e. The third-order valence-electron chi connectivity index (χ3n) is 1.99. The third kappa shape index (κ3) is 1.71. The van der Waals surface area contributed by atoms with Gasteiger partial charge in [0.25, 0.3) is 5.56 Å². The molecule has 1 aromatic heterocycles. The van der Waals surface area contributed by atoms with Gasteiger partial charge in [0.15, 0.2) is 0 Å². The van der Waals surface area contributed by atoms with E-state index in [-0.39, 0.29) is 5.69 Å². The van der Waals surface area contributed by atoms with Gasteiger partial charge in [-0.05, 0) is 19.1 Å². The van der Waals surface area contributed by atoms with E-state index in [9.17, 15) is 9.59 Å². The van der Waals surface area contributed by atoms with Crippen LogP contribution in [0.1, 0.15) is 5.69 Å². The lowest BCUT2D eigenvalue weighted by atomic mass is 10.3. The number of hydrogen-bond donors (Lipinski definition) is 1. The van der Waals surface area contributed by atoms with Crippen LogP contribution in [-0.2, 0) is 0 Å². The Bertz CT molecular complexity index is 584. The van der Waals surface area contributed by atoms with Crippen molar-refractivity contribution in [1.82, 2.24) is 14.8 Å². The highest BCUT2D eigenvalue weighted by Crippen LogP contribution is 2.00. The van der Waals surface area contributed by atoms with Crippen LogP contribution in [0.2, 0.25) is 0 Å². The molecule has 2 rings (SSSR count). The van der Waals surface area contributed by atoms with Crippen LogP contribution in [0.4, 0.5) is 0 Å². The molecule has 76 valence electrons. The fraction of sp³-hybridized carbons (Fsp3) is 0.100. The van der Waals surface area contributed by atoms with E-state index >= 15 is 0 Å². The van der Waals surface area contributed by atoms with Gasteiger partial charge in [0.05, 0.1) is 5.69 Å². The molecule has 0 amide bonds. The Balaban J connectivity index is 2.70. The molecule has 0 saturated heterocycles. The van der Waals surface area contributed by atoms with Crippen molar-refractivity contribution in [2.45, 2.75) is 6.92 Å². The van der Waals surface area contributed by atoms with Crippen molar-refractivity contribution < 1.29 is 0 Å². The van der Waals surface area contributed by atoms with Gasteiger partial charge in [0, 0.05) is 0 Å². The number of hydrogen-bond acceptors (Lipinski definition) is 3. The zero-order valence-corrected chi connectivity index (χ0v) is 8.10. The van der Waals surface area contributed by atoms with Gasteiger partial charge in [-0.1, -0.05) is 18.2 Å². The molecule has 1 aromatic carbocycles. The topological polar surface area (TPSA) is 67.8 Å². The standard InChI is InChI=1S/C10H9N3O2/c1-7-9(14)11-10(15)13(12-7)8-5-3-2-4-6-8/h2-6H,1H3,(H,11,14,15). The highest BCUT2D eigenvalue weighted by molar-refractivity contribution is 5.29. The van der Waals surface area contributed by atoms with E-state index in [2.05, 4.69) is 10.1 Å². The first-order valence-corrected chi connectivity index (χ1v) is 4.44. The highest BCUT2D eigenvalue weighted by Gasteiger charge is 2.03. The van der Waals surface area contributed by atoms with Crippen molar-refractivity contribution in [3.8, 4) is 5.69 Å². The minimum absolute atomic E-state index is 0.262. The predicted molar refractivity (Wildman–Crippen MR) is 55.2 cm³/mol. The van der Waals surface area contributed by atoms with Crippen molar-refractivity contribution in [1.29, 1.82) is 0 Å². The predicted octanol–water partition coefficient (Wildman–Crippen LogP) is 0.229. The zero-order chi connectivity index (χ0) is 10.8. The number of nitrogens with one attached hydrogen (secondary N) is 1. The van der Waals surface area contributed by atoms with Crippen LogP contribution < -0.4 is 11.2 Å². The number of para-hydroxylation sites is 1. The lowest BCUT2D eigenvalue weighted by Crippen LogP contribution is -2.32. The summed E-state index contributed by atoms with van der Waals surface area (Å²) >= 11 is 0. The Morgan fingerprint density at radius 3 is 2.53 bits per heavy atom. The van der Waals surface area contributed by atoms with E-state index in [0.29, 0.717) is 5.69 Å². The van der Waals surface area contributed by atoms with E-state index in [4.69, 9.17) is 0 Å². The number of aromatic amines is 1. The Morgan fingerprint density at radius 1 is 1.20 bits per heavy atom. The van der Waals surface area contributed by atoms with Crippen molar-refractivity contribution in [3.05, 3.63) is 56.9 Å². The van der Waals surface area contributed by atoms with E-state index in [1.807, 2.05) is 6.07 Å². The van der Waals surface area contributed by atoms with Crippen LogP contribution >= 0.6 is 0 Å². The minimum atomic E-state index is -0.531. The molecule has 0 saturated carbocycles. The summed E-state index contributed by atoms with van der Waals surface area (Å²) in [5.74, 6) is 0. The first-order chi connectivity index (χ1) is 7.18.